The lowest BCUT2D eigenvalue weighted by Crippen LogP contribution is -2.33. The van der Waals surface area contributed by atoms with Crippen LogP contribution in [0.2, 0.25) is 0 Å². The zero-order valence-electron chi connectivity index (χ0n) is 12.9. The Morgan fingerprint density at radius 2 is 2.10 bits per heavy atom. The minimum absolute atomic E-state index is 0.215. The third-order valence-corrected chi connectivity index (χ3v) is 4.55. The first-order valence-corrected chi connectivity index (χ1v) is 8.23. The number of ether oxygens (including phenoxy) is 3. The minimum Gasteiger partial charge on any atom is -0.496 e. The van der Waals surface area contributed by atoms with Crippen LogP contribution < -0.4 is 14.8 Å². The van der Waals surface area contributed by atoms with Crippen molar-refractivity contribution in [2.24, 2.45) is 5.92 Å². The summed E-state index contributed by atoms with van der Waals surface area (Å²) in [5, 5.41) is 3.58. The molecular formula is C16H24BrNO3. The molecule has 1 saturated heterocycles. The van der Waals surface area contributed by atoms with Gasteiger partial charge < -0.3 is 19.5 Å². The lowest BCUT2D eigenvalue weighted by atomic mass is 9.88. The summed E-state index contributed by atoms with van der Waals surface area (Å²) in [6.07, 6.45) is 2.28. The predicted octanol–water partition coefficient (Wildman–Crippen LogP) is 3.54. The lowest BCUT2D eigenvalue weighted by molar-refractivity contribution is 0.0389. The van der Waals surface area contributed by atoms with Gasteiger partial charge in [-0.25, -0.2) is 0 Å². The summed E-state index contributed by atoms with van der Waals surface area (Å²) in [6.45, 7) is 4.69. The number of hydrogen-bond donors (Lipinski definition) is 1. The van der Waals surface area contributed by atoms with E-state index in [4.69, 9.17) is 14.2 Å². The van der Waals surface area contributed by atoms with E-state index >= 15 is 0 Å². The molecule has 2 rings (SSSR count). The maximum atomic E-state index is 5.66. The van der Waals surface area contributed by atoms with Gasteiger partial charge in [-0.15, -0.1) is 0 Å². The average molecular weight is 358 g/mol. The van der Waals surface area contributed by atoms with Crippen LogP contribution in [0.25, 0.3) is 0 Å². The molecule has 5 heteroatoms. The second kappa shape index (κ2) is 8.01. The van der Waals surface area contributed by atoms with E-state index in [1.54, 1.807) is 14.2 Å². The van der Waals surface area contributed by atoms with E-state index in [1.165, 1.54) is 6.42 Å². The van der Waals surface area contributed by atoms with Crippen LogP contribution in [0.3, 0.4) is 0 Å². The number of nitrogens with one attached hydrogen (secondary N) is 1. The summed E-state index contributed by atoms with van der Waals surface area (Å²) in [7, 11) is 3.39. The summed E-state index contributed by atoms with van der Waals surface area (Å²) >= 11 is 3.52. The Balaban J connectivity index is 2.37. The molecule has 1 aromatic rings. The maximum absolute atomic E-state index is 5.66. The maximum Gasteiger partial charge on any atom is 0.133 e. The van der Waals surface area contributed by atoms with E-state index in [-0.39, 0.29) is 6.04 Å². The normalized spacial score (nSPS) is 20.1. The highest BCUT2D eigenvalue weighted by Crippen LogP contribution is 2.39. The van der Waals surface area contributed by atoms with Crippen LogP contribution >= 0.6 is 15.9 Å². The lowest BCUT2D eigenvalue weighted by Gasteiger charge is -2.32. The fraction of sp³-hybridized carbons (Fsp3) is 0.625. The van der Waals surface area contributed by atoms with Crippen molar-refractivity contribution in [3.8, 4) is 11.5 Å². The van der Waals surface area contributed by atoms with Gasteiger partial charge in [0.1, 0.15) is 11.5 Å². The average Bonchev–Trinajstić information content (AvgIpc) is 2.53. The third kappa shape index (κ3) is 3.90. The zero-order valence-corrected chi connectivity index (χ0v) is 14.5. The smallest absolute Gasteiger partial charge is 0.133 e. The largest absolute Gasteiger partial charge is 0.496 e. The summed E-state index contributed by atoms with van der Waals surface area (Å²) in [5.41, 5.74) is 1.13. The molecule has 1 heterocycles. The quantitative estimate of drug-likeness (QED) is 0.844. The molecule has 0 spiro atoms. The summed E-state index contributed by atoms with van der Waals surface area (Å²) in [6, 6.07) is 4.25. The standard InChI is InChI=1S/C16H24BrNO3/c1-4-18-16(11-6-5-7-21-10-11)12-8-15(20-3)13(17)9-14(12)19-2/h8-9,11,16,18H,4-7,10H2,1-3H3. The topological polar surface area (TPSA) is 39.7 Å². The Kier molecular flexibility index (Phi) is 6.33. The molecule has 1 aromatic carbocycles. The molecule has 1 N–H and O–H groups in total. The van der Waals surface area contributed by atoms with Gasteiger partial charge in [0.2, 0.25) is 0 Å². The van der Waals surface area contributed by atoms with E-state index in [2.05, 4.69) is 34.2 Å². The molecule has 2 unspecified atom stereocenters. The Morgan fingerprint density at radius 1 is 1.33 bits per heavy atom. The van der Waals surface area contributed by atoms with Gasteiger partial charge in [0.15, 0.2) is 0 Å². The Morgan fingerprint density at radius 3 is 2.67 bits per heavy atom. The molecular weight excluding hydrogens is 334 g/mol. The van der Waals surface area contributed by atoms with Gasteiger partial charge in [-0.05, 0) is 47.4 Å². The first kappa shape index (κ1) is 16.6. The van der Waals surface area contributed by atoms with Gasteiger partial charge in [-0.3, -0.25) is 0 Å². The molecule has 1 aliphatic rings. The second-order valence-electron chi connectivity index (χ2n) is 5.24. The summed E-state index contributed by atoms with van der Waals surface area (Å²) in [4.78, 5) is 0. The fourth-order valence-electron chi connectivity index (χ4n) is 2.91. The Labute approximate surface area is 135 Å². The number of halogens is 1. The molecule has 0 radical (unpaired) electrons. The second-order valence-corrected chi connectivity index (χ2v) is 6.10. The van der Waals surface area contributed by atoms with Crippen LogP contribution in [0, 0.1) is 5.92 Å². The van der Waals surface area contributed by atoms with Gasteiger partial charge >= 0.3 is 0 Å². The minimum atomic E-state index is 0.215. The SMILES string of the molecule is CCNC(c1cc(OC)c(Br)cc1OC)C1CCCOC1. The number of rotatable bonds is 6. The van der Waals surface area contributed by atoms with Crippen LogP contribution in [-0.2, 0) is 4.74 Å². The molecule has 21 heavy (non-hydrogen) atoms. The van der Waals surface area contributed by atoms with Crippen molar-refractivity contribution in [2.45, 2.75) is 25.8 Å². The van der Waals surface area contributed by atoms with Crippen LogP contribution in [0.5, 0.6) is 11.5 Å². The van der Waals surface area contributed by atoms with Gasteiger partial charge in [-0.1, -0.05) is 6.92 Å². The monoisotopic (exact) mass is 357 g/mol. The molecule has 4 nitrogen and oxygen atoms in total. The van der Waals surface area contributed by atoms with E-state index in [0.717, 1.165) is 47.7 Å². The summed E-state index contributed by atoms with van der Waals surface area (Å²) < 4.78 is 17.6. The van der Waals surface area contributed by atoms with Gasteiger partial charge in [0.05, 0.1) is 25.3 Å². The highest BCUT2D eigenvalue weighted by molar-refractivity contribution is 9.10. The Bertz CT molecular complexity index is 461. The molecule has 1 fully saturated rings. The van der Waals surface area contributed by atoms with Crippen LogP contribution in [0.4, 0.5) is 0 Å². The highest BCUT2D eigenvalue weighted by Gasteiger charge is 2.28. The number of methoxy groups -OCH3 is 2. The van der Waals surface area contributed by atoms with Crippen molar-refractivity contribution in [3.63, 3.8) is 0 Å². The molecule has 118 valence electrons. The van der Waals surface area contributed by atoms with Crippen molar-refractivity contribution < 1.29 is 14.2 Å². The first-order valence-electron chi connectivity index (χ1n) is 7.43. The van der Waals surface area contributed by atoms with Crippen molar-refractivity contribution in [2.75, 3.05) is 34.0 Å². The predicted molar refractivity (Wildman–Crippen MR) is 87.2 cm³/mol. The molecule has 0 amide bonds. The number of hydrogen-bond acceptors (Lipinski definition) is 4. The van der Waals surface area contributed by atoms with Crippen LogP contribution in [0.15, 0.2) is 16.6 Å². The van der Waals surface area contributed by atoms with E-state index in [1.807, 2.05) is 6.07 Å². The van der Waals surface area contributed by atoms with E-state index in [9.17, 15) is 0 Å². The molecule has 0 saturated carbocycles. The van der Waals surface area contributed by atoms with Crippen molar-refractivity contribution >= 4 is 15.9 Å². The van der Waals surface area contributed by atoms with Crippen LogP contribution in [0.1, 0.15) is 31.4 Å². The van der Waals surface area contributed by atoms with Crippen molar-refractivity contribution in [1.29, 1.82) is 0 Å². The van der Waals surface area contributed by atoms with E-state index < -0.39 is 0 Å². The molecule has 0 aliphatic carbocycles. The molecule has 2 atom stereocenters. The molecule has 0 aromatic heterocycles. The van der Waals surface area contributed by atoms with Crippen molar-refractivity contribution in [1.82, 2.24) is 5.32 Å². The van der Waals surface area contributed by atoms with Gasteiger partial charge in [0.25, 0.3) is 0 Å². The van der Waals surface area contributed by atoms with Gasteiger partial charge in [0, 0.05) is 24.1 Å². The highest BCUT2D eigenvalue weighted by atomic mass is 79.9. The first-order chi connectivity index (χ1) is 10.2. The fourth-order valence-corrected chi connectivity index (χ4v) is 3.39. The van der Waals surface area contributed by atoms with Crippen molar-refractivity contribution in [3.05, 3.63) is 22.2 Å². The van der Waals surface area contributed by atoms with Crippen LogP contribution in [-0.4, -0.2) is 34.0 Å². The Hall–Kier alpha value is -0.780. The number of benzene rings is 1. The summed E-state index contributed by atoms with van der Waals surface area (Å²) in [5.74, 6) is 2.16. The van der Waals surface area contributed by atoms with E-state index in [0.29, 0.717) is 5.92 Å². The zero-order chi connectivity index (χ0) is 15.2. The molecule has 0 bridgehead atoms. The van der Waals surface area contributed by atoms with Gasteiger partial charge in [-0.2, -0.15) is 0 Å². The third-order valence-electron chi connectivity index (χ3n) is 3.93. The molecule has 1 aliphatic heterocycles.